The van der Waals surface area contributed by atoms with Crippen molar-refractivity contribution in [2.75, 3.05) is 18.5 Å². The summed E-state index contributed by atoms with van der Waals surface area (Å²) < 4.78 is 11.2. The maximum Gasteiger partial charge on any atom is 0.359 e. The fourth-order valence-corrected chi connectivity index (χ4v) is 4.04. The molecule has 3 aromatic rings. The third-order valence-electron chi connectivity index (χ3n) is 4.38. The van der Waals surface area contributed by atoms with Crippen molar-refractivity contribution in [2.24, 2.45) is 7.05 Å². The Bertz CT molecular complexity index is 1220. The number of amides is 1. The summed E-state index contributed by atoms with van der Waals surface area (Å²) in [7, 11) is 1.40. The van der Waals surface area contributed by atoms with Gasteiger partial charge in [-0.2, -0.15) is 5.10 Å². The minimum Gasteiger partial charge on any atom is -0.462 e. The van der Waals surface area contributed by atoms with Gasteiger partial charge in [0.15, 0.2) is 12.3 Å². The van der Waals surface area contributed by atoms with Crippen LogP contribution in [-0.4, -0.2) is 40.8 Å². The first-order valence-corrected chi connectivity index (χ1v) is 10.5. The molecule has 166 valence electrons. The van der Waals surface area contributed by atoms with Crippen LogP contribution >= 0.6 is 11.3 Å². The highest BCUT2D eigenvalue weighted by Crippen LogP contribution is 2.40. The summed E-state index contributed by atoms with van der Waals surface area (Å²) in [6, 6.07) is 11.7. The summed E-state index contributed by atoms with van der Waals surface area (Å²) in [6.45, 7) is 3.13. The van der Waals surface area contributed by atoms with Crippen LogP contribution in [0.1, 0.15) is 32.6 Å². The van der Waals surface area contributed by atoms with Crippen molar-refractivity contribution < 1.29 is 23.9 Å². The zero-order valence-corrected chi connectivity index (χ0v) is 18.5. The second-order valence-electron chi connectivity index (χ2n) is 6.63. The van der Waals surface area contributed by atoms with Crippen LogP contribution < -0.4 is 10.9 Å². The van der Waals surface area contributed by atoms with Crippen LogP contribution in [0.5, 0.6) is 0 Å². The molecular weight excluding hydrogens is 434 g/mol. The minimum absolute atomic E-state index is 0.106. The molecule has 2 heterocycles. The third-order valence-corrected chi connectivity index (χ3v) is 5.40. The van der Waals surface area contributed by atoms with E-state index in [9.17, 15) is 19.2 Å². The van der Waals surface area contributed by atoms with Gasteiger partial charge in [0.05, 0.1) is 6.61 Å². The van der Waals surface area contributed by atoms with Gasteiger partial charge in [0.25, 0.3) is 11.5 Å². The summed E-state index contributed by atoms with van der Waals surface area (Å²) in [5.74, 6) is -2.04. The van der Waals surface area contributed by atoms with Crippen molar-refractivity contribution in [2.45, 2.75) is 13.8 Å². The van der Waals surface area contributed by atoms with Gasteiger partial charge < -0.3 is 14.8 Å². The first kappa shape index (κ1) is 22.9. The molecule has 0 aliphatic rings. The van der Waals surface area contributed by atoms with E-state index in [0.29, 0.717) is 10.6 Å². The second kappa shape index (κ2) is 10.0. The van der Waals surface area contributed by atoms with E-state index >= 15 is 0 Å². The minimum atomic E-state index is -0.853. The molecule has 0 aliphatic heterocycles. The number of benzene rings is 1. The Morgan fingerprint density at radius 3 is 2.44 bits per heavy atom. The molecule has 0 bridgehead atoms. The lowest BCUT2D eigenvalue weighted by Crippen LogP contribution is -2.25. The number of anilines is 1. The molecule has 1 N–H and O–H groups in total. The number of hydrogen-bond acceptors (Lipinski definition) is 8. The molecule has 0 fully saturated rings. The Morgan fingerprint density at radius 1 is 1.06 bits per heavy atom. The Labute approximate surface area is 187 Å². The molecule has 3 rings (SSSR count). The zero-order chi connectivity index (χ0) is 23.3. The van der Waals surface area contributed by atoms with Gasteiger partial charge >= 0.3 is 11.9 Å². The van der Waals surface area contributed by atoms with Gasteiger partial charge in [0.2, 0.25) is 0 Å². The van der Waals surface area contributed by atoms with E-state index in [-0.39, 0.29) is 23.4 Å². The quantitative estimate of drug-likeness (QED) is 0.545. The van der Waals surface area contributed by atoms with Crippen molar-refractivity contribution in [1.82, 2.24) is 9.78 Å². The molecule has 9 nitrogen and oxygen atoms in total. The number of esters is 2. The van der Waals surface area contributed by atoms with Crippen LogP contribution in [0.4, 0.5) is 5.00 Å². The Kier molecular flexibility index (Phi) is 7.16. The summed E-state index contributed by atoms with van der Waals surface area (Å²) >= 11 is 1.23. The Balaban J connectivity index is 1.79. The van der Waals surface area contributed by atoms with E-state index in [4.69, 9.17) is 9.47 Å². The number of nitrogens with one attached hydrogen (secondary N) is 1. The average Bonchev–Trinajstić information content (AvgIpc) is 3.10. The molecule has 0 atom stereocenters. The molecule has 2 aromatic heterocycles. The summed E-state index contributed by atoms with van der Waals surface area (Å²) in [4.78, 5) is 49.4. The van der Waals surface area contributed by atoms with Crippen molar-refractivity contribution in [3.8, 4) is 11.1 Å². The van der Waals surface area contributed by atoms with Crippen LogP contribution in [-0.2, 0) is 21.3 Å². The van der Waals surface area contributed by atoms with Gasteiger partial charge in [-0.3, -0.25) is 9.59 Å². The normalized spacial score (nSPS) is 10.5. The van der Waals surface area contributed by atoms with Crippen LogP contribution in [0, 0.1) is 6.92 Å². The highest BCUT2D eigenvalue weighted by atomic mass is 32.1. The van der Waals surface area contributed by atoms with E-state index in [1.807, 2.05) is 37.3 Å². The van der Waals surface area contributed by atoms with Crippen LogP contribution in [0.3, 0.4) is 0 Å². The number of thiophene rings is 1. The number of rotatable bonds is 7. The Morgan fingerprint density at radius 2 is 1.78 bits per heavy atom. The van der Waals surface area contributed by atoms with Gasteiger partial charge in [-0.1, -0.05) is 30.3 Å². The monoisotopic (exact) mass is 455 g/mol. The van der Waals surface area contributed by atoms with Gasteiger partial charge in [-0.25, -0.2) is 14.3 Å². The standard InChI is InChI=1S/C22H21N3O6S/c1-4-30-22(29)19-18(14-8-6-5-7-9-14)13(2)32-20(19)23-16(26)12-31-21(28)15-10-11-17(27)25(3)24-15/h5-11H,4,12H2,1-3H3,(H,23,26). The lowest BCUT2D eigenvalue weighted by atomic mass is 10.0. The van der Waals surface area contributed by atoms with E-state index in [1.165, 1.54) is 30.5 Å². The van der Waals surface area contributed by atoms with Crippen LogP contribution in [0.25, 0.3) is 11.1 Å². The average molecular weight is 455 g/mol. The lowest BCUT2D eigenvalue weighted by molar-refractivity contribution is -0.119. The first-order valence-electron chi connectivity index (χ1n) is 9.69. The maximum absolute atomic E-state index is 12.7. The highest BCUT2D eigenvalue weighted by molar-refractivity contribution is 7.17. The van der Waals surface area contributed by atoms with E-state index < -0.39 is 24.5 Å². The molecule has 10 heteroatoms. The Hall–Kier alpha value is -3.79. The molecular formula is C22H21N3O6S. The van der Waals surface area contributed by atoms with Gasteiger partial charge in [-0.15, -0.1) is 11.3 Å². The molecule has 1 amide bonds. The van der Waals surface area contributed by atoms with Crippen molar-refractivity contribution in [3.63, 3.8) is 0 Å². The number of carbonyl (C=O) groups excluding carboxylic acids is 3. The highest BCUT2D eigenvalue weighted by Gasteiger charge is 2.25. The van der Waals surface area contributed by atoms with Crippen LogP contribution in [0.15, 0.2) is 47.3 Å². The SMILES string of the molecule is CCOC(=O)c1c(NC(=O)COC(=O)c2ccc(=O)n(C)n2)sc(C)c1-c1ccccc1. The largest absolute Gasteiger partial charge is 0.462 e. The summed E-state index contributed by atoms with van der Waals surface area (Å²) in [5.41, 5.74) is 1.26. The van der Waals surface area contributed by atoms with E-state index in [2.05, 4.69) is 10.4 Å². The van der Waals surface area contributed by atoms with Crippen molar-refractivity contribution in [1.29, 1.82) is 0 Å². The zero-order valence-electron chi connectivity index (χ0n) is 17.7. The summed E-state index contributed by atoms with van der Waals surface area (Å²) in [5, 5.41) is 6.72. The van der Waals surface area contributed by atoms with Gasteiger partial charge in [0, 0.05) is 23.6 Å². The molecule has 0 saturated carbocycles. The lowest BCUT2D eigenvalue weighted by Gasteiger charge is -2.09. The molecule has 0 unspecified atom stereocenters. The first-order chi connectivity index (χ1) is 15.3. The van der Waals surface area contributed by atoms with Crippen molar-refractivity contribution in [3.05, 3.63) is 69.0 Å². The van der Waals surface area contributed by atoms with E-state index in [0.717, 1.165) is 15.1 Å². The number of aromatic nitrogens is 2. The molecule has 0 spiro atoms. The summed E-state index contributed by atoms with van der Waals surface area (Å²) in [6.07, 6.45) is 0. The number of carbonyl (C=O) groups is 3. The predicted octanol–water partition coefficient (Wildman–Crippen LogP) is 2.79. The number of aryl methyl sites for hydroxylation is 2. The van der Waals surface area contributed by atoms with E-state index in [1.54, 1.807) is 6.92 Å². The smallest absolute Gasteiger partial charge is 0.359 e. The molecule has 32 heavy (non-hydrogen) atoms. The molecule has 0 radical (unpaired) electrons. The van der Waals surface area contributed by atoms with Gasteiger partial charge in [-0.05, 0) is 25.5 Å². The number of ether oxygens (including phenoxy) is 2. The van der Waals surface area contributed by atoms with Crippen molar-refractivity contribution >= 4 is 34.2 Å². The predicted molar refractivity (Wildman–Crippen MR) is 119 cm³/mol. The fourth-order valence-electron chi connectivity index (χ4n) is 2.96. The number of hydrogen-bond donors (Lipinski definition) is 1. The van der Waals surface area contributed by atoms with Gasteiger partial charge in [0.1, 0.15) is 10.6 Å². The second-order valence-corrected chi connectivity index (χ2v) is 7.85. The topological polar surface area (TPSA) is 117 Å². The number of nitrogens with zero attached hydrogens (tertiary/aromatic N) is 2. The van der Waals surface area contributed by atoms with Crippen LogP contribution in [0.2, 0.25) is 0 Å². The molecule has 1 aromatic carbocycles. The third kappa shape index (κ3) is 5.09. The molecule has 0 saturated heterocycles. The fraction of sp³-hybridized carbons (Fsp3) is 0.227. The maximum atomic E-state index is 12.7. The molecule has 0 aliphatic carbocycles.